The van der Waals surface area contributed by atoms with Crippen molar-refractivity contribution in [2.24, 2.45) is 0 Å². The lowest BCUT2D eigenvalue weighted by Crippen LogP contribution is -2.04. The van der Waals surface area contributed by atoms with Gasteiger partial charge in [0.1, 0.15) is 5.82 Å². The standard InChI is InChI=1S/C13H13BrFNOS/c1-7-8(2)18-13(16-7)6-12(17)10-5-9(14)3-4-11(10)15/h3-5,12,17H,6H2,1-2H3. The van der Waals surface area contributed by atoms with Crippen molar-refractivity contribution in [3.8, 4) is 0 Å². The second kappa shape index (κ2) is 5.47. The predicted molar refractivity (Wildman–Crippen MR) is 74.4 cm³/mol. The highest BCUT2D eigenvalue weighted by Crippen LogP contribution is 2.26. The molecule has 2 rings (SSSR count). The third kappa shape index (κ3) is 2.96. The molecule has 96 valence electrons. The number of nitrogens with zero attached hydrogens (tertiary/aromatic N) is 1. The summed E-state index contributed by atoms with van der Waals surface area (Å²) in [5.74, 6) is -0.393. The van der Waals surface area contributed by atoms with Crippen molar-refractivity contribution >= 4 is 27.3 Å². The molecule has 1 aromatic carbocycles. The Balaban J connectivity index is 2.21. The summed E-state index contributed by atoms with van der Waals surface area (Å²) in [4.78, 5) is 5.48. The van der Waals surface area contributed by atoms with Crippen molar-refractivity contribution < 1.29 is 9.50 Å². The first kappa shape index (κ1) is 13.6. The molecule has 1 heterocycles. The van der Waals surface area contributed by atoms with E-state index in [1.165, 1.54) is 6.07 Å². The fourth-order valence-electron chi connectivity index (χ4n) is 1.67. The maximum atomic E-state index is 13.6. The average Bonchev–Trinajstić information content (AvgIpc) is 2.61. The quantitative estimate of drug-likeness (QED) is 0.925. The van der Waals surface area contributed by atoms with Crippen LogP contribution in [0.2, 0.25) is 0 Å². The lowest BCUT2D eigenvalue weighted by molar-refractivity contribution is 0.173. The number of halogens is 2. The van der Waals surface area contributed by atoms with Crippen LogP contribution in [0.15, 0.2) is 22.7 Å². The van der Waals surface area contributed by atoms with E-state index in [-0.39, 0.29) is 0 Å². The van der Waals surface area contributed by atoms with Crippen molar-refractivity contribution in [1.82, 2.24) is 4.98 Å². The number of aliphatic hydroxyl groups excluding tert-OH is 1. The van der Waals surface area contributed by atoms with E-state index in [1.54, 1.807) is 23.5 Å². The first-order chi connectivity index (χ1) is 8.47. The normalized spacial score (nSPS) is 12.7. The molecular formula is C13H13BrFNOS. The van der Waals surface area contributed by atoms with Crippen LogP contribution < -0.4 is 0 Å². The largest absolute Gasteiger partial charge is 0.388 e. The third-order valence-electron chi connectivity index (χ3n) is 2.76. The van der Waals surface area contributed by atoms with Gasteiger partial charge < -0.3 is 5.11 Å². The maximum absolute atomic E-state index is 13.6. The summed E-state index contributed by atoms with van der Waals surface area (Å²) in [5.41, 5.74) is 1.27. The molecule has 0 radical (unpaired) electrons. The molecule has 0 bridgehead atoms. The number of rotatable bonds is 3. The van der Waals surface area contributed by atoms with E-state index in [0.29, 0.717) is 12.0 Å². The van der Waals surface area contributed by atoms with Gasteiger partial charge >= 0.3 is 0 Å². The van der Waals surface area contributed by atoms with E-state index in [9.17, 15) is 9.50 Å². The Kier molecular flexibility index (Phi) is 4.14. The fraction of sp³-hybridized carbons (Fsp3) is 0.308. The molecule has 2 nitrogen and oxygen atoms in total. The fourth-order valence-corrected chi connectivity index (χ4v) is 3.02. The van der Waals surface area contributed by atoms with E-state index < -0.39 is 11.9 Å². The minimum absolute atomic E-state index is 0.301. The lowest BCUT2D eigenvalue weighted by Gasteiger charge is -2.10. The molecule has 1 atom stereocenters. The Hall–Kier alpha value is -0.780. The molecule has 0 aliphatic carbocycles. The van der Waals surface area contributed by atoms with Gasteiger partial charge in [0.05, 0.1) is 16.8 Å². The van der Waals surface area contributed by atoms with E-state index in [0.717, 1.165) is 20.1 Å². The monoisotopic (exact) mass is 329 g/mol. The molecule has 1 aromatic heterocycles. The summed E-state index contributed by atoms with van der Waals surface area (Å²) in [6.07, 6.45) is -0.528. The highest BCUT2D eigenvalue weighted by atomic mass is 79.9. The molecule has 0 amide bonds. The molecule has 0 aliphatic heterocycles. The molecule has 1 N–H and O–H groups in total. The number of hydrogen-bond donors (Lipinski definition) is 1. The van der Waals surface area contributed by atoms with Crippen molar-refractivity contribution in [1.29, 1.82) is 0 Å². The summed E-state index contributed by atoms with van der Waals surface area (Å²) in [5, 5.41) is 10.9. The van der Waals surface area contributed by atoms with Crippen LogP contribution in [0.25, 0.3) is 0 Å². The summed E-state index contributed by atoms with van der Waals surface area (Å²) in [7, 11) is 0. The smallest absolute Gasteiger partial charge is 0.129 e. The van der Waals surface area contributed by atoms with Gasteiger partial charge in [-0.3, -0.25) is 0 Å². The van der Waals surface area contributed by atoms with Gasteiger partial charge in [0.25, 0.3) is 0 Å². The van der Waals surface area contributed by atoms with Gasteiger partial charge in [0, 0.05) is 21.3 Å². The molecule has 2 aromatic rings. The zero-order chi connectivity index (χ0) is 13.3. The number of benzene rings is 1. The lowest BCUT2D eigenvalue weighted by atomic mass is 10.1. The second-order valence-electron chi connectivity index (χ2n) is 4.13. The maximum Gasteiger partial charge on any atom is 0.129 e. The van der Waals surface area contributed by atoms with E-state index >= 15 is 0 Å². The Morgan fingerprint density at radius 1 is 1.44 bits per heavy atom. The Labute approximate surface area is 118 Å². The van der Waals surface area contributed by atoms with Gasteiger partial charge in [-0.05, 0) is 32.0 Å². The van der Waals surface area contributed by atoms with Crippen molar-refractivity contribution in [3.05, 3.63) is 49.6 Å². The molecule has 0 saturated carbocycles. The highest BCUT2D eigenvalue weighted by molar-refractivity contribution is 9.10. The molecule has 0 fully saturated rings. The molecule has 0 spiro atoms. The SMILES string of the molecule is Cc1nc(CC(O)c2cc(Br)ccc2F)sc1C. The first-order valence-corrected chi connectivity index (χ1v) is 7.14. The van der Waals surface area contributed by atoms with Gasteiger partial charge in [0.2, 0.25) is 0 Å². The zero-order valence-electron chi connectivity index (χ0n) is 10.1. The van der Waals surface area contributed by atoms with Gasteiger partial charge in [-0.1, -0.05) is 15.9 Å². The van der Waals surface area contributed by atoms with Crippen LogP contribution in [0, 0.1) is 19.7 Å². The molecule has 18 heavy (non-hydrogen) atoms. The second-order valence-corrected chi connectivity index (χ2v) is 6.34. The molecular weight excluding hydrogens is 317 g/mol. The zero-order valence-corrected chi connectivity index (χ0v) is 12.5. The number of hydrogen-bond acceptors (Lipinski definition) is 3. The van der Waals surface area contributed by atoms with E-state index in [4.69, 9.17) is 0 Å². The van der Waals surface area contributed by atoms with Gasteiger partial charge in [-0.25, -0.2) is 9.37 Å². The number of aliphatic hydroxyl groups is 1. The van der Waals surface area contributed by atoms with Crippen LogP contribution in [0.5, 0.6) is 0 Å². The summed E-state index contributed by atoms with van der Waals surface area (Å²) in [6.45, 7) is 3.92. The highest BCUT2D eigenvalue weighted by Gasteiger charge is 2.16. The predicted octanol–water partition coefficient (Wildman–Crippen LogP) is 3.94. The van der Waals surface area contributed by atoms with Crippen molar-refractivity contribution in [2.75, 3.05) is 0 Å². The van der Waals surface area contributed by atoms with Crippen LogP contribution in [0.4, 0.5) is 4.39 Å². The minimum Gasteiger partial charge on any atom is -0.388 e. The summed E-state index contributed by atoms with van der Waals surface area (Å²) in [6, 6.07) is 4.57. The Bertz CT molecular complexity index is 551. The number of aromatic nitrogens is 1. The summed E-state index contributed by atoms with van der Waals surface area (Å²) < 4.78 is 14.4. The number of thiazole rings is 1. The third-order valence-corrected chi connectivity index (χ3v) is 4.35. The average molecular weight is 330 g/mol. The minimum atomic E-state index is -0.868. The van der Waals surface area contributed by atoms with Crippen LogP contribution in [0.3, 0.4) is 0 Å². The van der Waals surface area contributed by atoms with Gasteiger partial charge in [-0.2, -0.15) is 0 Å². The molecule has 5 heteroatoms. The van der Waals surface area contributed by atoms with Crippen LogP contribution >= 0.6 is 27.3 Å². The topological polar surface area (TPSA) is 33.1 Å². The van der Waals surface area contributed by atoms with Crippen molar-refractivity contribution in [2.45, 2.75) is 26.4 Å². The summed E-state index contributed by atoms with van der Waals surface area (Å²) >= 11 is 4.82. The van der Waals surface area contributed by atoms with Crippen LogP contribution in [-0.4, -0.2) is 10.1 Å². The van der Waals surface area contributed by atoms with E-state index in [1.807, 2.05) is 13.8 Å². The molecule has 1 unspecified atom stereocenters. The Morgan fingerprint density at radius 2 is 2.17 bits per heavy atom. The van der Waals surface area contributed by atoms with Crippen LogP contribution in [0.1, 0.15) is 27.2 Å². The number of aryl methyl sites for hydroxylation is 2. The Morgan fingerprint density at radius 3 is 2.78 bits per heavy atom. The molecule has 0 aliphatic rings. The van der Waals surface area contributed by atoms with Crippen molar-refractivity contribution in [3.63, 3.8) is 0 Å². The molecule has 0 saturated heterocycles. The van der Waals surface area contributed by atoms with Gasteiger partial charge in [-0.15, -0.1) is 11.3 Å². The van der Waals surface area contributed by atoms with E-state index in [2.05, 4.69) is 20.9 Å². The van der Waals surface area contributed by atoms with Gasteiger partial charge in [0.15, 0.2) is 0 Å². The van der Waals surface area contributed by atoms with Crippen LogP contribution in [-0.2, 0) is 6.42 Å². The first-order valence-electron chi connectivity index (χ1n) is 5.53.